The first-order valence-electron chi connectivity index (χ1n) is 9.18. The van der Waals surface area contributed by atoms with Crippen molar-refractivity contribution in [3.8, 4) is 21.1 Å². The van der Waals surface area contributed by atoms with Crippen LogP contribution in [0.4, 0.5) is 0 Å². The highest BCUT2D eigenvalue weighted by Gasteiger charge is 2.20. The molecule has 0 spiro atoms. The van der Waals surface area contributed by atoms with Crippen LogP contribution in [0.2, 0.25) is 0 Å². The van der Waals surface area contributed by atoms with E-state index in [9.17, 15) is 0 Å². The summed E-state index contributed by atoms with van der Waals surface area (Å²) in [5.74, 6) is 0. The molecule has 0 unspecified atom stereocenters. The molecule has 138 valence electrons. The van der Waals surface area contributed by atoms with Gasteiger partial charge in [-0.3, -0.25) is 9.97 Å². The molecule has 1 aliphatic carbocycles. The van der Waals surface area contributed by atoms with Crippen molar-refractivity contribution in [1.82, 2.24) is 19.9 Å². The molecule has 0 saturated carbocycles. The quantitative estimate of drug-likeness (QED) is 0.601. The Bertz CT molecular complexity index is 966. The lowest BCUT2D eigenvalue weighted by Gasteiger charge is -2.18. The van der Waals surface area contributed by atoms with Crippen LogP contribution >= 0.6 is 11.3 Å². The van der Waals surface area contributed by atoms with Gasteiger partial charge in [-0.2, -0.15) is 0 Å². The van der Waals surface area contributed by atoms with Crippen LogP contribution < -0.4 is 0 Å². The molecule has 0 fully saturated rings. The monoisotopic (exact) mass is 378 g/mol. The molecule has 0 atom stereocenters. The molecule has 0 N–H and O–H groups in total. The van der Waals surface area contributed by atoms with E-state index in [4.69, 9.17) is 19.7 Å². The molecule has 3 aromatic heterocycles. The standard InChI is InChI=1S/C21H22N4OS/c1-14-20(27-21(24-14)16-7-4-10-22-12-16)18-13-23-17-9-3-6-15(19(17)25-18)8-5-11-26-2/h4,7-8,10,12-13H,3,5-6,9,11H2,1-2H3/b15-8+. The highest BCUT2D eigenvalue weighted by molar-refractivity contribution is 7.18. The molecule has 3 aromatic rings. The topological polar surface area (TPSA) is 60.8 Å². The van der Waals surface area contributed by atoms with Gasteiger partial charge in [-0.25, -0.2) is 9.97 Å². The second kappa shape index (κ2) is 8.06. The Labute approximate surface area is 163 Å². The van der Waals surface area contributed by atoms with E-state index in [1.165, 1.54) is 5.57 Å². The number of hydrogen-bond acceptors (Lipinski definition) is 6. The molecule has 5 nitrogen and oxygen atoms in total. The normalized spacial score (nSPS) is 15.1. The SMILES string of the molecule is COCC/C=C1\CCCc2ncc(-c3sc(-c4cccnc4)nc3C)nc21. The van der Waals surface area contributed by atoms with E-state index in [2.05, 4.69) is 11.1 Å². The molecular weight excluding hydrogens is 356 g/mol. The maximum absolute atomic E-state index is 5.18. The number of thiazole rings is 1. The Kier molecular flexibility index (Phi) is 5.36. The lowest BCUT2D eigenvalue weighted by Crippen LogP contribution is -2.08. The van der Waals surface area contributed by atoms with E-state index in [1.807, 2.05) is 31.5 Å². The van der Waals surface area contributed by atoms with Crippen molar-refractivity contribution in [2.24, 2.45) is 0 Å². The minimum absolute atomic E-state index is 0.731. The maximum Gasteiger partial charge on any atom is 0.125 e. The maximum atomic E-state index is 5.18. The van der Waals surface area contributed by atoms with Crippen molar-refractivity contribution in [3.05, 3.63) is 53.9 Å². The molecule has 0 radical (unpaired) electrons. The lowest BCUT2D eigenvalue weighted by atomic mass is 9.94. The Morgan fingerprint density at radius 3 is 2.96 bits per heavy atom. The number of pyridine rings is 1. The zero-order valence-corrected chi connectivity index (χ0v) is 16.4. The number of aromatic nitrogens is 4. The summed E-state index contributed by atoms with van der Waals surface area (Å²) in [4.78, 5) is 19.7. The van der Waals surface area contributed by atoms with Crippen molar-refractivity contribution < 1.29 is 4.74 Å². The summed E-state index contributed by atoms with van der Waals surface area (Å²) in [6.45, 7) is 2.76. The van der Waals surface area contributed by atoms with E-state index in [-0.39, 0.29) is 0 Å². The molecule has 0 bridgehead atoms. The van der Waals surface area contributed by atoms with Crippen LogP contribution in [0.25, 0.3) is 26.7 Å². The number of fused-ring (bicyclic) bond motifs is 1. The smallest absolute Gasteiger partial charge is 0.125 e. The average molecular weight is 379 g/mol. The molecule has 1 aliphatic rings. The third-order valence-electron chi connectivity index (χ3n) is 4.66. The highest BCUT2D eigenvalue weighted by Crippen LogP contribution is 2.36. The van der Waals surface area contributed by atoms with Gasteiger partial charge in [-0.05, 0) is 50.3 Å². The van der Waals surface area contributed by atoms with Gasteiger partial charge < -0.3 is 4.74 Å². The fourth-order valence-electron chi connectivity index (χ4n) is 3.32. The van der Waals surface area contributed by atoms with Gasteiger partial charge in [0.1, 0.15) is 10.7 Å². The zero-order chi connectivity index (χ0) is 18.6. The molecule has 6 heteroatoms. The van der Waals surface area contributed by atoms with Crippen molar-refractivity contribution in [2.75, 3.05) is 13.7 Å². The minimum atomic E-state index is 0.731. The summed E-state index contributed by atoms with van der Waals surface area (Å²) in [6, 6.07) is 3.96. The van der Waals surface area contributed by atoms with Crippen LogP contribution in [0.15, 0.2) is 36.8 Å². The van der Waals surface area contributed by atoms with Gasteiger partial charge in [0.15, 0.2) is 0 Å². The van der Waals surface area contributed by atoms with Crippen molar-refractivity contribution >= 4 is 16.9 Å². The average Bonchev–Trinajstić information content (AvgIpc) is 3.10. The second-order valence-electron chi connectivity index (χ2n) is 6.59. The van der Waals surface area contributed by atoms with Gasteiger partial charge in [0, 0.05) is 31.7 Å². The predicted octanol–water partition coefficient (Wildman–Crippen LogP) is 4.73. The van der Waals surface area contributed by atoms with Crippen LogP contribution in [0.1, 0.15) is 36.3 Å². The molecule has 0 aliphatic heterocycles. The fourth-order valence-corrected chi connectivity index (χ4v) is 4.34. The number of rotatable bonds is 5. The lowest BCUT2D eigenvalue weighted by molar-refractivity contribution is 0.204. The third-order valence-corrected chi connectivity index (χ3v) is 5.89. The van der Waals surface area contributed by atoms with E-state index in [0.29, 0.717) is 0 Å². The van der Waals surface area contributed by atoms with Gasteiger partial charge in [-0.15, -0.1) is 11.3 Å². The first-order valence-corrected chi connectivity index (χ1v) is 10.0. The summed E-state index contributed by atoms with van der Waals surface area (Å²) in [5.41, 5.74) is 6.35. The Hall–Kier alpha value is -2.44. The van der Waals surface area contributed by atoms with Crippen molar-refractivity contribution in [3.63, 3.8) is 0 Å². The molecule has 3 heterocycles. The third kappa shape index (κ3) is 3.82. The van der Waals surface area contributed by atoms with E-state index >= 15 is 0 Å². The van der Waals surface area contributed by atoms with Gasteiger partial charge >= 0.3 is 0 Å². The van der Waals surface area contributed by atoms with Crippen LogP contribution in [-0.2, 0) is 11.2 Å². The Morgan fingerprint density at radius 2 is 2.15 bits per heavy atom. The van der Waals surface area contributed by atoms with E-state index < -0.39 is 0 Å². The number of ether oxygens (including phenoxy) is 1. The summed E-state index contributed by atoms with van der Waals surface area (Å²) >= 11 is 1.65. The fraction of sp³-hybridized carbons (Fsp3) is 0.333. The molecule has 0 aromatic carbocycles. The molecule has 27 heavy (non-hydrogen) atoms. The minimum Gasteiger partial charge on any atom is -0.384 e. The van der Waals surface area contributed by atoms with Crippen LogP contribution in [0.3, 0.4) is 0 Å². The second-order valence-corrected chi connectivity index (χ2v) is 7.59. The zero-order valence-electron chi connectivity index (χ0n) is 15.6. The molecule has 4 rings (SSSR count). The number of hydrogen-bond donors (Lipinski definition) is 0. The van der Waals surface area contributed by atoms with Gasteiger partial charge in [0.2, 0.25) is 0 Å². The first-order chi connectivity index (χ1) is 13.3. The van der Waals surface area contributed by atoms with Crippen LogP contribution in [0, 0.1) is 6.92 Å². The van der Waals surface area contributed by atoms with Gasteiger partial charge in [0.25, 0.3) is 0 Å². The van der Waals surface area contributed by atoms with Gasteiger partial charge in [-0.1, -0.05) is 6.08 Å². The molecular formula is C21H22N4OS. The van der Waals surface area contributed by atoms with E-state index in [0.717, 1.165) is 70.5 Å². The number of nitrogens with zero attached hydrogens (tertiary/aromatic N) is 4. The van der Waals surface area contributed by atoms with Crippen LogP contribution in [0.5, 0.6) is 0 Å². The van der Waals surface area contributed by atoms with Crippen LogP contribution in [-0.4, -0.2) is 33.7 Å². The largest absolute Gasteiger partial charge is 0.384 e. The van der Waals surface area contributed by atoms with Crippen molar-refractivity contribution in [2.45, 2.75) is 32.6 Å². The molecule has 0 saturated heterocycles. The highest BCUT2D eigenvalue weighted by atomic mass is 32.1. The Balaban J connectivity index is 1.71. The number of allylic oxidation sites excluding steroid dienone is 1. The van der Waals surface area contributed by atoms with Gasteiger partial charge in [0.05, 0.1) is 28.2 Å². The number of aryl methyl sites for hydroxylation is 2. The first kappa shape index (κ1) is 17.9. The van der Waals surface area contributed by atoms with Crippen molar-refractivity contribution in [1.29, 1.82) is 0 Å². The molecule has 0 amide bonds. The Morgan fingerprint density at radius 1 is 1.22 bits per heavy atom. The summed E-state index contributed by atoms with van der Waals surface area (Å²) in [6.07, 6.45) is 11.8. The summed E-state index contributed by atoms with van der Waals surface area (Å²) < 4.78 is 5.18. The van der Waals surface area contributed by atoms with E-state index in [1.54, 1.807) is 24.6 Å². The summed E-state index contributed by atoms with van der Waals surface area (Å²) in [7, 11) is 1.73. The predicted molar refractivity (Wildman–Crippen MR) is 109 cm³/mol. The number of methoxy groups -OCH3 is 1. The summed E-state index contributed by atoms with van der Waals surface area (Å²) in [5, 5.41) is 0.964.